The molecule has 1 aromatic heterocycles. The number of carbonyl (C=O) groups excluding carboxylic acids is 1. The van der Waals surface area contributed by atoms with Crippen LogP contribution in [0.4, 0.5) is 0 Å². The monoisotopic (exact) mass is 215 g/mol. The van der Waals surface area contributed by atoms with Crippen LogP contribution in [0.15, 0.2) is 43.0 Å². The molecule has 0 aliphatic rings. The molecule has 0 aliphatic heterocycles. The highest BCUT2D eigenvalue weighted by molar-refractivity contribution is 5.98. The molecule has 0 N–H and O–H groups in total. The van der Waals surface area contributed by atoms with E-state index in [-0.39, 0.29) is 11.8 Å². The van der Waals surface area contributed by atoms with Crippen molar-refractivity contribution in [3.63, 3.8) is 0 Å². The minimum atomic E-state index is -0.259. The molecule has 4 heteroatoms. The summed E-state index contributed by atoms with van der Waals surface area (Å²) in [4.78, 5) is 16.1. The summed E-state index contributed by atoms with van der Waals surface area (Å²) in [5.41, 5.74) is 0.713. The van der Waals surface area contributed by atoms with Crippen molar-refractivity contribution < 1.29 is 4.79 Å². The van der Waals surface area contributed by atoms with Gasteiger partial charge in [-0.1, -0.05) is 37.3 Å². The zero-order valence-electron chi connectivity index (χ0n) is 9.08. The second-order valence-electron chi connectivity index (χ2n) is 3.53. The number of Topliss-reactive ketones (excluding diaryl/α,β-unsaturated/α-hetero) is 1. The normalized spacial score (nSPS) is 12.3. The molecule has 4 nitrogen and oxygen atoms in total. The van der Waals surface area contributed by atoms with Gasteiger partial charge in [-0.15, -0.1) is 0 Å². The third kappa shape index (κ3) is 2.00. The molecule has 0 fully saturated rings. The number of ketones is 1. The molecule has 0 bridgehead atoms. The fourth-order valence-corrected chi connectivity index (χ4v) is 1.67. The van der Waals surface area contributed by atoms with E-state index in [0.717, 1.165) is 0 Å². The number of nitrogens with zero attached hydrogens (tertiary/aromatic N) is 3. The summed E-state index contributed by atoms with van der Waals surface area (Å²) in [7, 11) is 0. The fourth-order valence-electron chi connectivity index (χ4n) is 1.67. The Morgan fingerprint density at radius 1 is 1.38 bits per heavy atom. The molecule has 2 aromatic rings. The molecule has 0 aliphatic carbocycles. The standard InChI is InChI=1S/C12H13N3O/c1-2-11(15-9-13-8-14-15)12(16)10-6-4-3-5-7-10/h3-9,11H,2H2,1H3. The summed E-state index contributed by atoms with van der Waals surface area (Å²) in [5.74, 6) is 0.0774. The molecule has 16 heavy (non-hydrogen) atoms. The van der Waals surface area contributed by atoms with Gasteiger partial charge in [0.1, 0.15) is 18.7 Å². The molecule has 0 saturated carbocycles. The van der Waals surface area contributed by atoms with E-state index in [1.807, 2.05) is 37.3 Å². The van der Waals surface area contributed by atoms with Gasteiger partial charge in [-0.3, -0.25) is 4.79 Å². The largest absolute Gasteiger partial charge is 0.292 e. The van der Waals surface area contributed by atoms with Crippen LogP contribution >= 0.6 is 0 Å². The van der Waals surface area contributed by atoms with Gasteiger partial charge < -0.3 is 0 Å². The average molecular weight is 215 g/mol. The van der Waals surface area contributed by atoms with Crippen molar-refractivity contribution in [2.45, 2.75) is 19.4 Å². The smallest absolute Gasteiger partial charge is 0.187 e. The van der Waals surface area contributed by atoms with E-state index in [1.54, 1.807) is 11.0 Å². The summed E-state index contributed by atoms with van der Waals surface area (Å²) in [6.45, 7) is 1.97. The minimum absolute atomic E-state index is 0.0774. The van der Waals surface area contributed by atoms with E-state index >= 15 is 0 Å². The van der Waals surface area contributed by atoms with Crippen LogP contribution in [0.1, 0.15) is 29.7 Å². The van der Waals surface area contributed by atoms with Crippen molar-refractivity contribution in [3.05, 3.63) is 48.5 Å². The van der Waals surface area contributed by atoms with Gasteiger partial charge in [-0.05, 0) is 6.42 Å². The quantitative estimate of drug-likeness (QED) is 0.734. The highest BCUT2D eigenvalue weighted by Gasteiger charge is 2.20. The molecular weight excluding hydrogens is 202 g/mol. The maximum absolute atomic E-state index is 12.2. The lowest BCUT2D eigenvalue weighted by molar-refractivity contribution is 0.0914. The molecule has 1 heterocycles. The van der Waals surface area contributed by atoms with E-state index in [0.29, 0.717) is 12.0 Å². The number of aromatic nitrogens is 3. The minimum Gasteiger partial charge on any atom is -0.292 e. The summed E-state index contributed by atoms with van der Waals surface area (Å²) < 4.78 is 1.61. The van der Waals surface area contributed by atoms with Crippen molar-refractivity contribution in [2.75, 3.05) is 0 Å². The summed E-state index contributed by atoms with van der Waals surface area (Å²) in [6, 6.07) is 9.00. The summed E-state index contributed by atoms with van der Waals surface area (Å²) in [5, 5.41) is 4.02. The number of rotatable bonds is 4. The van der Waals surface area contributed by atoms with Gasteiger partial charge in [0, 0.05) is 5.56 Å². The van der Waals surface area contributed by atoms with Crippen molar-refractivity contribution >= 4 is 5.78 Å². The van der Waals surface area contributed by atoms with E-state index in [1.165, 1.54) is 6.33 Å². The fraction of sp³-hybridized carbons (Fsp3) is 0.250. The molecule has 82 valence electrons. The topological polar surface area (TPSA) is 47.8 Å². The van der Waals surface area contributed by atoms with E-state index in [4.69, 9.17) is 0 Å². The molecule has 1 aromatic carbocycles. The van der Waals surface area contributed by atoms with E-state index in [9.17, 15) is 4.79 Å². The number of benzene rings is 1. The lowest BCUT2D eigenvalue weighted by atomic mass is 10.0. The van der Waals surface area contributed by atoms with Crippen molar-refractivity contribution in [3.8, 4) is 0 Å². The van der Waals surface area contributed by atoms with E-state index < -0.39 is 0 Å². The first-order valence-corrected chi connectivity index (χ1v) is 5.26. The molecule has 0 amide bonds. The highest BCUT2D eigenvalue weighted by atomic mass is 16.1. The number of carbonyl (C=O) groups is 1. The van der Waals surface area contributed by atoms with Crippen molar-refractivity contribution in [1.82, 2.24) is 14.8 Å². The van der Waals surface area contributed by atoms with Crippen LogP contribution in [0.25, 0.3) is 0 Å². The van der Waals surface area contributed by atoms with Crippen LogP contribution in [-0.2, 0) is 0 Å². The Morgan fingerprint density at radius 2 is 2.12 bits per heavy atom. The van der Waals surface area contributed by atoms with Crippen LogP contribution in [0.2, 0.25) is 0 Å². The van der Waals surface area contributed by atoms with Gasteiger partial charge in [-0.2, -0.15) is 5.10 Å². The summed E-state index contributed by atoms with van der Waals surface area (Å²) >= 11 is 0. The molecule has 0 spiro atoms. The second-order valence-corrected chi connectivity index (χ2v) is 3.53. The molecule has 0 saturated heterocycles. The van der Waals surface area contributed by atoms with Gasteiger partial charge in [0.15, 0.2) is 5.78 Å². The van der Waals surface area contributed by atoms with Crippen LogP contribution in [0, 0.1) is 0 Å². The third-order valence-corrected chi connectivity index (χ3v) is 2.50. The summed E-state index contributed by atoms with van der Waals surface area (Å²) in [6.07, 6.45) is 3.73. The molecule has 2 rings (SSSR count). The lowest BCUT2D eigenvalue weighted by Gasteiger charge is -2.13. The molecule has 1 unspecified atom stereocenters. The van der Waals surface area contributed by atoms with Gasteiger partial charge in [0.05, 0.1) is 0 Å². The SMILES string of the molecule is CCC(C(=O)c1ccccc1)n1cncn1. The molecular formula is C12H13N3O. The Hall–Kier alpha value is -1.97. The predicted molar refractivity (Wildman–Crippen MR) is 60.1 cm³/mol. The zero-order chi connectivity index (χ0) is 11.4. The first-order valence-electron chi connectivity index (χ1n) is 5.26. The van der Waals surface area contributed by atoms with Gasteiger partial charge in [0.25, 0.3) is 0 Å². The van der Waals surface area contributed by atoms with Crippen LogP contribution < -0.4 is 0 Å². The van der Waals surface area contributed by atoms with Gasteiger partial charge in [-0.25, -0.2) is 9.67 Å². The maximum Gasteiger partial charge on any atom is 0.187 e. The predicted octanol–water partition coefficient (Wildman–Crippen LogP) is 2.11. The first-order chi connectivity index (χ1) is 7.83. The van der Waals surface area contributed by atoms with Gasteiger partial charge in [0.2, 0.25) is 0 Å². The Labute approximate surface area is 93.9 Å². The van der Waals surface area contributed by atoms with Crippen molar-refractivity contribution in [1.29, 1.82) is 0 Å². The third-order valence-electron chi connectivity index (χ3n) is 2.50. The first kappa shape index (κ1) is 10.5. The average Bonchev–Trinajstić information content (AvgIpc) is 2.85. The maximum atomic E-state index is 12.2. The molecule has 0 radical (unpaired) electrons. The van der Waals surface area contributed by atoms with Crippen LogP contribution in [0.5, 0.6) is 0 Å². The Bertz CT molecular complexity index is 450. The number of hydrogen-bond donors (Lipinski definition) is 0. The highest BCUT2D eigenvalue weighted by Crippen LogP contribution is 2.16. The van der Waals surface area contributed by atoms with Crippen LogP contribution in [0.3, 0.4) is 0 Å². The number of hydrogen-bond acceptors (Lipinski definition) is 3. The van der Waals surface area contributed by atoms with Crippen LogP contribution in [-0.4, -0.2) is 20.5 Å². The Balaban J connectivity index is 2.27. The van der Waals surface area contributed by atoms with Crippen molar-refractivity contribution in [2.24, 2.45) is 0 Å². The van der Waals surface area contributed by atoms with Gasteiger partial charge >= 0.3 is 0 Å². The second kappa shape index (κ2) is 4.70. The Kier molecular flexibility index (Phi) is 3.10. The zero-order valence-corrected chi connectivity index (χ0v) is 9.08. The lowest BCUT2D eigenvalue weighted by Crippen LogP contribution is -2.19. The Morgan fingerprint density at radius 3 is 2.69 bits per heavy atom. The molecule has 1 atom stereocenters. The van der Waals surface area contributed by atoms with E-state index in [2.05, 4.69) is 10.1 Å².